The Morgan fingerprint density at radius 2 is 1.96 bits per heavy atom. The van der Waals surface area contributed by atoms with Crippen LogP contribution in [-0.2, 0) is 15.3 Å². The van der Waals surface area contributed by atoms with E-state index in [-0.39, 0.29) is 5.91 Å². The number of hydrogen-bond donors (Lipinski definition) is 1. The zero-order valence-corrected chi connectivity index (χ0v) is 16.2. The Bertz CT molecular complexity index is 760. The van der Waals surface area contributed by atoms with Crippen molar-refractivity contribution in [2.24, 2.45) is 0 Å². The van der Waals surface area contributed by atoms with Crippen LogP contribution in [0.15, 0.2) is 18.2 Å². The number of likely N-dealkylation sites (tertiary alicyclic amines) is 1. The lowest BCUT2D eigenvalue weighted by atomic mass is 10.0. The summed E-state index contributed by atoms with van der Waals surface area (Å²) in [6, 6.07) is 5.60. The van der Waals surface area contributed by atoms with Gasteiger partial charge in [0, 0.05) is 31.6 Å². The van der Waals surface area contributed by atoms with Gasteiger partial charge in [0.25, 0.3) is 5.91 Å². The molecule has 0 aromatic heterocycles. The monoisotopic (exact) mass is 384 g/mol. The Hall–Kier alpha value is -2.07. The molecule has 2 fully saturated rings. The molecule has 1 amide bonds. The highest BCUT2D eigenvalue weighted by Crippen LogP contribution is 2.49. The van der Waals surface area contributed by atoms with Crippen molar-refractivity contribution in [3.8, 4) is 12.3 Å². The van der Waals surface area contributed by atoms with Crippen LogP contribution < -0.4 is 4.90 Å². The minimum Gasteiger partial charge on any atom is -0.368 e. The lowest BCUT2D eigenvalue weighted by Crippen LogP contribution is -2.51. The second-order valence-corrected chi connectivity index (χ2v) is 7.65. The van der Waals surface area contributed by atoms with Crippen LogP contribution >= 0.6 is 0 Å². The van der Waals surface area contributed by atoms with Crippen LogP contribution in [-0.4, -0.2) is 55.0 Å². The van der Waals surface area contributed by atoms with Crippen molar-refractivity contribution in [3.05, 3.63) is 29.3 Å². The molecule has 0 aliphatic carbocycles. The first kappa shape index (κ1) is 19.3. The summed E-state index contributed by atoms with van der Waals surface area (Å²) in [5.74, 6) is 1.42. The SMILES string of the molecule is C#CCCCN1c2c(C(=O)N3CCCCC3)cccc2C2(OCCCO2)C1O. The number of nitrogens with zero attached hydrogens (tertiary/aromatic N) is 2. The van der Waals surface area contributed by atoms with Crippen LogP contribution in [0.25, 0.3) is 0 Å². The maximum atomic E-state index is 13.3. The molecule has 2 saturated heterocycles. The third-order valence-corrected chi connectivity index (χ3v) is 5.85. The Kier molecular flexibility index (Phi) is 5.58. The molecular weight excluding hydrogens is 356 g/mol. The Morgan fingerprint density at radius 1 is 1.21 bits per heavy atom. The highest BCUT2D eigenvalue weighted by atomic mass is 16.7. The number of fused-ring (bicyclic) bond motifs is 2. The number of aliphatic hydroxyl groups excluding tert-OH is 1. The number of piperidine rings is 1. The van der Waals surface area contributed by atoms with Crippen molar-refractivity contribution in [1.82, 2.24) is 4.90 Å². The topological polar surface area (TPSA) is 62.2 Å². The Labute approximate surface area is 166 Å². The van der Waals surface area contributed by atoms with Gasteiger partial charge in [-0.1, -0.05) is 12.1 Å². The van der Waals surface area contributed by atoms with Gasteiger partial charge in [0.05, 0.1) is 24.5 Å². The highest BCUT2D eigenvalue weighted by Gasteiger charge is 2.55. The molecule has 1 aromatic carbocycles. The van der Waals surface area contributed by atoms with Gasteiger partial charge in [-0.25, -0.2) is 0 Å². The molecule has 1 N–H and O–H groups in total. The summed E-state index contributed by atoms with van der Waals surface area (Å²) in [4.78, 5) is 17.1. The first-order chi connectivity index (χ1) is 13.7. The molecule has 0 bridgehead atoms. The third kappa shape index (κ3) is 3.18. The molecule has 0 radical (unpaired) electrons. The molecule has 150 valence electrons. The maximum Gasteiger partial charge on any atom is 0.255 e. The zero-order valence-electron chi connectivity index (χ0n) is 16.2. The molecule has 1 atom stereocenters. The molecule has 6 heteroatoms. The van der Waals surface area contributed by atoms with Crippen LogP contribution in [0.5, 0.6) is 0 Å². The smallest absolute Gasteiger partial charge is 0.255 e. The fourth-order valence-electron chi connectivity index (χ4n) is 4.48. The summed E-state index contributed by atoms with van der Waals surface area (Å²) in [5.41, 5.74) is 2.07. The molecule has 28 heavy (non-hydrogen) atoms. The standard InChI is InChI=1S/C22H28N2O4/c1-2-3-5-14-24-19-17(20(25)23-12-6-4-7-13-23)10-8-11-18(19)22(21(24)26)27-15-9-16-28-22/h1,8,10-11,21,26H,3-7,9,12-16H2. The quantitative estimate of drug-likeness (QED) is 0.638. The molecule has 3 aliphatic rings. The van der Waals surface area contributed by atoms with E-state index >= 15 is 0 Å². The fourth-order valence-corrected chi connectivity index (χ4v) is 4.48. The summed E-state index contributed by atoms with van der Waals surface area (Å²) in [6.45, 7) is 3.12. The van der Waals surface area contributed by atoms with E-state index in [1.165, 1.54) is 6.42 Å². The molecule has 3 aliphatic heterocycles. The number of amides is 1. The minimum atomic E-state index is -1.23. The van der Waals surface area contributed by atoms with Crippen LogP contribution in [0, 0.1) is 12.3 Å². The Balaban J connectivity index is 1.74. The largest absolute Gasteiger partial charge is 0.368 e. The van der Waals surface area contributed by atoms with Crippen molar-refractivity contribution in [2.45, 2.75) is 50.5 Å². The van der Waals surface area contributed by atoms with Crippen molar-refractivity contribution in [3.63, 3.8) is 0 Å². The second kappa shape index (κ2) is 8.12. The molecular formula is C22H28N2O4. The predicted molar refractivity (Wildman–Crippen MR) is 106 cm³/mol. The van der Waals surface area contributed by atoms with E-state index in [0.717, 1.165) is 50.0 Å². The molecule has 3 heterocycles. The molecule has 6 nitrogen and oxygen atoms in total. The zero-order chi connectivity index (χ0) is 19.6. The van der Waals surface area contributed by atoms with Gasteiger partial charge in [-0.05, 0) is 38.2 Å². The van der Waals surface area contributed by atoms with Gasteiger partial charge < -0.3 is 24.4 Å². The summed E-state index contributed by atoms with van der Waals surface area (Å²) in [6.07, 6.45) is 9.75. The number of para-hydroxylation sites is 1. The van der Waals surface area contributed by atoms with Crippen molar-refractivity contribution >= 4 is 11.6 Å². The normalized spacial score (nSPS) is 23.5. The number of ether oxygens (including phenoxy) is 2. The molecule has 1 unspecified atom stereocenters. The summed E-state index contributed by atoms with van der Waals surface area (Å²) in [5, 5.41) is 11.2. The maximum absolute atomic E-state index is 13.3. The summed E-state index contributed by atoms with van der Waals surface area (Å²) in [7, 11) is 0. The molecule has 1 spiro atoms. The first-order valence-electron chi connectivity index (χ1n) is 10.3. The number of anilines is 1. The predicted octanol–water partition coefficient (Wildman–Crippen LogP) is 2.45. The average Bonchev–Trinajstić information content (AvgIpc) is 2.97. The van der Waals surface area contributed by atoms with E-state index in [1.807, 2.05) is 28.0 Å². The van der Waals surface area contributed by atoms with Gasteiger partial charge in [0.1, 0.15) is 0 Å². The second-order valence-electron chi connectivity index (χ2n) is 7.65. The van der Waals surface area contributed by atoms with Crippen LogP contribution in [0.3, 0.4) is 0 Å². The highest BCUT2D eigenvalue weighted by molar-refractivity contribution is 6.01. The fraction of sp³-hybridized carbons (Fsp3) is 0.591. The van der Waals surface area contributed by atoms with Gasteiger partial charge in [-0.2, -0.15) is 0 Å². The van der Waals surface area contributed by atoms with Gasteiger partial charge in [-0.3, -0.25) is 4.79 Å². The van der Waals surface area contributed by atoms with Gasteiger partial charge in [0.15, 0.2) is 6.23 Å². The van der Waals surface area contributed by atoms with E-state index in [1.54, 1.807) is 0 Å². The van der Waals surface area contributed by atoms with Gasteiger partial charge in [-0.15, -0.1) is 12.3 Å². The van der Waals surface area contributed by atoms with E-state index < -0.39 is 12.0 Å². The number of terminal acetylenes is 1. The molecule has 4 rings (SSSR count). The number of aliphatic hydroxyl groups is 1. The van der Waals surface area contributed by atoms with Crippen LogP contribution in [0.2, 0.25) is 0 Å². The molecule has 0 saturated carbocycles. The summed E-state index contributed by atoms with van der Waals surface area (Å²) >= 11 is 0. The average molecular weight is 384 g/mol. The van der Waals surface area contributed by atoms with Crippen LogP contribution in [0.1, 0.15) is 54.4 Å². The first-order valence-corrected chi connectivity index (χ1v) is 10.3. The third-order valence-electron chi connectivity index (χ3n) is 5.85. The summed E-state index contributed by atoms with van der Waals surface area (Å²) < 4.78 is 12.0. The number of carbonyl (C=O) groups is 1. The van der Waals surface area contributed by atoms with E-state index in [9.17, 15) is 9.90 Å². The van der Waals surface area contributed by atoms with Gasteiger partial charge in [0.2, 0.25) is 5.79 Å². The lowest BCUT2D eigenvalue weighted by molar-refractivity contribution is -0.311. The van der Waals surface area contributed by atoms with Crippen molar-refractivity contribution in [1.29, 1.82) is 0 Å². The molecule has 1 aromatic rings. The number of unbranched alkanes of at least 4 members (excludes halogenated alkanes) is 1. The lowest BCUT2D eigenvalue weighted by Gasteiger charge is -2.38. The number of hydrogen-bond acceptors (Lipinski definition) is 5. The number of benzene rings is 1. The van der Waals surface area contributed by atoms with E-state index in [0.29, 0.717) is 31.7 Å². The van der Waals surface area contributed by atoms with Crippen molar-refractivity contribution < 1.29 is 19.4 Å². The van der Waals surface area contributed by atoms with Crippen LogP contribution in [0.4, 0.5) is 5.69 Å². The minimum absolute atomic E-state index is 0.0126. The van der Waals surface area contributed by atoms with Gasteiger partial charge >= 0.3 is 0 Å². The Morgan fingerprint density at radius 3 is 2.68 bits per heavy atom. The van der Waals surface area contributed by atoms with Crippen molar-refractivity contribution in [2.75, 3.05) is 37.7 Å². The number of rotatable bonds is 4. The van der Waals surface area contributed by atoms with E-state index in [2.05, 4.69) is 5.92 Å². The number of carbonyl (C=O) groups excluding carboxylic acids is 1. The van der Waals surface area contributed by atoms with E-state index in [4.69, 9.17) is 15.9 Å².